The second-order valence-electron chi connectivity index (χ2n) is 4.08. The highest BCUT2D eigenvalue weighted by Gasteiger charge is 2.10. The molecule has 0 radical (unpaired) electrons. The summed E-state index contributed by atoms with van der Waals surface area (Å²) in [6, 6.07) is 7.26. The SMILES string of the molecule is Cn1ccc2cc(Cl)cc(-c3cc(O)ncn3)c21. The molecule has 0 spiro atoms. The molecule has 0 aliphatic carbocycles. The molecule has 0 fully saturated rings. The second-order valence-corrected chi connectivity index (χ2v) is 4.52. The Hall–Kier alpha value is -2.07. The molecule has 18 heavy (non-hydrogen) atoms. The minimum absolute atomic E-state index is 0.0534. The van der Waals surface area contributed by atoms with Crippen LogP contribution < -0.4 is 0 Å². The van der Waals surface area contributed by atoms with Crippen molar-refractivity contribution in [1.29, 1.82) is 0 Å². The van der Waals surface area contributed by atoms with Gasteiger partial charge in [0.25, 0.3) is 0 Å². The highest BCUT2D eigenvalue weighted by Crippen LogP contribution is 2.31. The number of aromatic nitrogens is 3. The maximum Gasteiger partial charge on any atom is 0.214 e. The van der Waals surface area contributed by atoms with E-state index in [1.54, 1.807) is 0 Å². The van der Waals surface area contributed by atoms with E-state index in [4.69, 9.17) is 11.6 Å². The minimum atomic E-state index is -0.0534. The summed E-state index contributed by atoms with van der Waals surface area (Å²) in [4.78, 5) is 7.86. The molecule has 2 aromatic heterocycles. The first-order valence-electron chi connectivity index (χ1n) is 5.41. The van der Waals surface area contributed by atoms with Crippen molar-refractivity contribution in [2.45, 2.75) is 0 Å². The summed E-state index contributed by atoms with van der Waals surface area (Å²) in [7, 11) is 1.96. The molecule has 1 N–H and O–H groups in total. The topological polar surface area (TPSA) is 50.9 Å². The molecule has 0 aliphatic rings. The molecule has 5 heteroatoms. The van der Waals surface area contributed by atoms with E-state index in [2.05, 4.69) is 9.97 Å². The van der Waals surface area contributed by atoms with E-state index < -0.39 is 0 Å². The Balaban J connectivity index is 2.37. The highest BCUT2D eigenvalue weighted by atomic mass is 35.5. The van der Waals surface area contributed by atoms with E-state index in [0.717, 1.165) is 16.5 Å². The minimum Gasteiger partial charge on any atom is -0.493 e. The van der Waals surface area contributed by atoms with E-state index in [1.807, 2.05) is 36.0 Å². The number of hydrogen-bond acceptors (Lipinski definition) is 3. The molecule has 0 bridgehead atoms. The number of aromatic hydroxyl groups is 1. The lowest BCUT2D eigenvalue weighted by Crippen LogP contribution is -1.91. The molecular formula is C13H10ClN3O. The number of aryl methyl sites for hydroxylation is 1. The maximum absolute atomic E-state index is 9.44. The Bertz CT molecular complexity index is 736. The van der Waals surface area contributed by atoms with Gasteiger partial charge in [0.15, 0.2) is 0 Å². The van der Waals surface area contributed by atoms with Gasteiger partial charge in [0.1, 0.15) is 6.33 Å². The lowest BCUT2D eigenvalue weighted by molar-refractivity contribution is 0.452. The van der Waals surface area contributed by atoms with Crippen molar-refractivity contribution in [2.24, 2.45) is 7.05 Å². The lowest BCUT2D eigenvalue weighted by atomic mass is 10.1. The number of hydrogen-bond donors (Lipinski definition) is 1. The van der Waals surface area contributed by atoms with Gasteiger partial charge in [0.2, 0.25) is 5.88 Å². The Labute approximate surface area is 108 Å². The summed E-state index contributed by atoms with van der Waals surface area (Å²) in [6.07, 6.45) is 3.30. The number of rotatable bonds is 1. The molecule has 0 amide bonds. The molecule has 3 aromatic rings. The average molecular weight is 260 g/mol. The van der Waals surface area contributed by atoms with Crippen LogP contribution in [0.2, 0.25) is 5.02 Å². The van der Waals surface area contributed by atoms with Gasteiger partial charge < -0.3 is 9.67 Å². The number of nitrogens with zero attached hydrogens (tertiary/aromatic N) is 3. The molecule has 1 aromatic carbocycles. The molecule has 0 saturated heterocycles. The van der Waals surface area contributed by atoms with Crippen molar-refractivity contribution in [3.05, 3.63) is 41.8 Å². The average Bonchev–Trinajstić information content (AvgIpc) is 2.70. The van der Waals surface area contributed by atoms with Gasteiger partial charge in [-0.25, -0.2) is 9.97 Å². The third-order valence-corrected chi connectivity index (χ3v) is 3.08. The van der Waals surface area contributed by atoms with E-state index in [0.29, 0.717) is 10.7 Å². The van der Waals surface area contributed by atoms with Gasteiger partial charge in [-0.3, -0.25) is 0 Å². The van der Waals surface area contributed by atoms with Crippen LogP contribution in [0.15, 0.2) is 36.8 Å². The van der Waals surface area contributed by atoms with Crippen LogP contribution in [0, 0.1) is 0 Å². The van der Waals surface area contributed by atoms with Gasteiger partial charge in [-0.1, -0.05) is 11.6 Å². The monoisotopic (exact) mass is 259 g/mol. The van der Waals surface area contributed by atoms with E-state index >= 15 is 0 Å². The van der Waals surface area contributed by atoms with Crippen LogP contribution in [0.25, 0.3) is 22.2 Å². The predicted octanol–water partition coefficient (Wildman–Crippen LogP) is 2.99. The molecule has 0 saturated carbocycles. The standard InChI is InChI=1S/C13H10ClN3O/c1-17-3-2-8-4-9(14)5-10(13(8)17)11-6-12(18)16-7-15-11/h2-7H,1H3,(H,15,16,18). The van der Waals surface area contributed by atoms with Crippen molar-refractivity contribution in [3.8, 4) is 17.1 Å². The van der Waals surface area contributed by atoms with Gasteiger partial charge in [-0.2, -0.15) is 0 Å². The van der Waals surface area contributed by atoms with Crippen LogP contribution in [-0.2, 0) is 7.05 Å². The molecule has 90 valence electrons. The van der Waals surface area contributed by atoms with Crippen LogP contribution in [0.4, 0.5) is 0 Å². The summed E-state index contributed by atoms with van der Waals surface area (Å²) >= 11 is 6.11. The number of halogens is 1. The predicted molar refractivity (Wildman–Crippen MR) is 70.6 cm³/mol. The molecule has 3 rings (SSSR count). The smallest absolute Gasteiger partial charge is 0.214 e. The normalized spacial score (nSPS) is 11.0. The molecular weight excluding hydrogens is 250 g/mol. The summed E-state index contributed by atoms with van der Waals surface area (Å²) in [6.45, 7) is 0. The van der Waals surface area contributed by atoms with E-state index in [1.165, 1.54) is 12.4 Å². The lowest BCUT2D eigenvalue weighted by Gasteiger charge is -2.06. The van der Waals surface area contributed by atoms with Crippen molar-refractivity contribution >= 4 is 22.5 Å². The van der Waals surface area contributed by atoms with E-state index in [9.17, 15) is 5.11 Å². The molecule has 4 nitrogen and oxygen atoms in total. The van der Waals surface area contributed by atoms with Crippen LogP contribution in [0.1, 0.15) is 0 Å². The summed E-state index contributed by atoms with van der Waals surface area (Å²) in [5.74, 6) is -0.0534. The van der Waals surface area contributed by atoms with Gasteiger partial charge in [0.05, 0.1) is 11.2 Å². The number of benzene rings is 1. The van der Waals surface area contributed by atoms with Crippen molar-refractivity contribution in [3.63, 3.8) is 0 Å². The molecule has 2 heterocycles. The van der Waals surface area contributed by atoms with Crippen LogP contribution in [0.3, 0.4) is 0 Å². The zero-order valence-corrected chi connectivity index (χ0v) is 10.4. The summed E-state index contributed by atoms with van der Waals surface area (Å²) < 4.78 is 2.00. The van der Waals surface area contributed by atoms with Crippen LogP contribution >= 0.6 is 11.6 Å². The van der Waals surface area contributed by atoms with Crippen molar-refractivity contribution < 1.29 is 5.11 Å². The Morgan fingerprint density at radius 3 is 2.83 bits per heavy atom. The third kappa shape index (κ3) is 1.71. The van der Waals surface area contributed by atoms with Gasteiger partial charge in [0, 0.05) is 35.3 Å². The first kappa shape index (κ1) is 11.0. The Kier molecular flexibility index (Phi) is 2.45. The van der Waals surface area contributed by atoms with E-state index in [-0.39, 0.29) is 5.88 Å². The number of fused-ring (bicyclic) bond motifs is 1. The van der Waals surface area contributed by atoms with Crippen LogP contribution in [0.5, 0.6) is 5.88 Å². The fraction of sp³-hybridized carbons (Fsp3) is 0.0769. The van der Waals surface area contributed by atoms with Gasteiger partial charge in [-0.05, 0) is 18.2 Å². The fourth-order valence-corrected chi connectivity index (χ4v) is 2.32. The van der Waals surface area contributed by atoms with Crippen molar-refractivity contribution in [2.75, 3.05) is 0 Å². The van der Waals surface area contributed by atoms with Gasteiger partial charge >= 0.3 is 0 Å². The van der Waals surface area contributed by atoms with Gasteiger partial charge in [-0.15, -0.1) is 0 Å². The quantitative estimate of drug-likeness (QED) is 0.731. The highest BCUT2D eigenvalue weighted by molar-refractivity contribution is 6.31. The van der Waals surface area contributed by atoms with Crippen LogP contribution in [-0.4, -0.2) is 19.6 Å². The largest absolute Gasteiger partial charge is 0.493 e. The molecule has 0 aliphatic heterocycles. The Morgan fingerprint density at radius 1 is 1.22 bits per heavy atom. The Morgan fingerprint density at radius 2 is 2.06 bits per heavy atom. The first-order chi connectivity index (χ1) is 8.65. The fourth-order valence-electron chi connectivity index (χ4n) is 2.10. The summed E-state index contributed by atoms with van der Waals surface area (Å²) in [5.41, 5.74) is 2.55. The van der Waals surface area contributed by atoms with Crippen molar-refractivity contribution in [1.82, 2.24) is 14.5 Å². The molecule has 0 unspecified atom stereocenters. The zero-order chi connectivity index (χ0) is 12.7. The maximum atomic E-state index is 9.44. The third-order valence-electron chi connectivity index (χ3n) is 2.86. The summed E-state index contributed by atoms with van der Waals surface area (Å²) in [5, 5.41) is 11.1. The zero-order valence-electron chi connectivity index (χ0n) is 9.63. The molecule has 0 atom stereocenters. The first-order valence-corrected chi connectivity index (χ1v) is 5.79. The second kappa shape index (κ2) is 3.99.